The van der Waals surface area contributed by atoms with E-state index in [4.69, 9.17) is 0 Å². The van der Waals surface area contributed by atoms with E-state index >= 15 is 0 Å². The Labute approximate surface area is 243 Å². The van der Waals surface area contributed by atoms with Gasteiger partial charge in [0.05, 0.1) is 0 Å². The molecule has 200 valence electrons. The van der Waals surface area contributed by atoms with E-state index in [9.17, 15) is 5.11 Å². The molecule has 0 atom stereocenters. The molecule has 41 heavy (non-hydrogen) atoms. The number of rotatable bonds is 9. The van der Waals surface area contributed by atoms with E-state index < -0.39 is 0 Å². The Balaban J connectivity index is 1.63. The van der Waals surface area contributed by atoms with Crippen molar-refractivity contribution < 1.29 is 5.11 Å². The second-order valence-corrected chi connectivity index (χ2v) is 10.7. The number of phenolic OH excluding ortho intramolecular Hbond substituents is 1. The van der Waals surface area contributed by atoms with Gasteiger partial charge in [-0.15, -0.1) is 0 Å². The summed E-state index contributed by atoms with van der Waals surface area (Å²) in [5.41, 5.74) is 13.1. The van der Waals surface area contributed by atoms with Crippen molar-refractivity contribution in [3.63, 3.8) is 0 Å². The van der Waals surface area contributed by atoms with E-state index in [0.29, 0.717) is 0 Å². The Morgan fingerprint density at radius 1 is 0.366 bits per heavy atom. The Hall–Kier alpha value is -4.88. The van der Waals surface area contributed by atoms with Crippen LogP contribution in [0.4, 0.5) is 0 Å². The van der Waals surface area contributed by atoms with Gasteiger partial charge in [0.25, 0.3) is 0 Å². The van der Waals surface area contributed by atoms with Gasteiger partial charge in [-0.1, -0.05) is 140 Å². The quantitative estimate of drug-likeness (QED) is 0.197. The molecular weight excluding hydrogens is 496 g/mol. The zero-order chi connectivity index (χ0) is 27.9. The molecule has 0 bridgehead atoms. The third kappa shape index (κ3) is 6.48. The fraction of sp³-hybridized carbons (Fsp3) is 0.100. The lowest BCUT2D eigenvalue weighted by Gasteiger charge is -2.24. The maximum atomic E-state index is 10.1. The molecule has 6 aromatic rings. The van der Waals surface area contributed by atoms with Crippen LogP contribution in [0.25, 0.3) is 11.1 Å². The molecule has 0 amide bonds. The van der Waals surface area contributed by atoms with E-state index in [2.05, 4.69) is 140 Å². The van der Waals surface area contributed by atoms with Gasteiger partial charge in [-0.3, -0.25) is 0 Å². The van der Waals surface area contributed by atoms with Crippen molar-refractivity contribution >= 4 is 0 Å². The number of hydrogen-bond donors (Lipinski definition) is 1. The lowest BCUT2D eigenvalue weighted by molar-refractivity contribution is 0.475. The standard InChI is InChI=1S/C40H34O/c41-36-23-21-34(22-24-36)38-29-35(25-30-13-5-1-6-14-30)37(26-31-15-7-2-8-16-31)39(27-32-17-9-3-10-18-32)40(38)28-33-19-11-4-12-20-33/h1-24,29,41H,25-28H2. The number of phenols is 1. The number of aromatic hydroxyl groups is 1. The normalized spacial score (nSPS) is 10.9. The average Bonchev–Trinajstić information content (AvgIpc) is 3.02. The second-order valence-electron chi connectivity index (χ2n) is 10.7. The number of hydrogen-bond acceptors (Lipinski definition) is 1. The van der Waals surface area contributed by atoms with E-state index in [1.807, 2.05) is 0 Å². The summed E-state index contributed by atoms with van der Waals surface area (Å²) in [5, 5.41) is 10.1. The van der Waals surface area contributed by atoms with Crippen LogP contribution in [0.3, 0.4) is 0 Å². The largest absolute Gasteiger partial charge is 0.508 e. The first kappa shape index (κ1) is 26.3. The summed E-state index contributed by atoms with van der Waals surface area (Å²) in [7, 11) is 0. The van der Waals surface area contributed by atoms with Crippen molar-refractivity contribution in [2.24, 2.45) is 0 Å². The summed E-state index contributed by atoms with van der Waals surface area (Å²) in [6, 6.07) is 53.4. The lowest BCUT2D eigenvalue weighted by Crippen LogP contribution is -2.10. The molecule has 0 aromatic heterocycles. The molecule has 0 aliphatic rings. The van der Waals surface area contributed by atoms with Gasteiger partial charge in [-0.2, -0.15) is 0 Å². The van der Waals surface area contributed by atoms with Gasteiger partial charge in [0.15, 0.2) is 0 Å². The van der Waals surface area contributed by atoms with Crippen molar-refractivity contribution in [2.45, 2.75) is 25.7 Å². The highest BCUT2D eigenvalue weighted by Gasteiger charge is 2.21. The molecule has 0 spiro atoms. The highest BCUT2D eigenvalue weighted by Crippen LogP contribution is 2.37. The Morgan fingerprint density at radius 2 is 0.756 bits per heavy atom. The first-order chi connectivity index (χ1) is 20.2. The molecule has 0 unspecified atom stereocenters. The molecule has 0 fully saturated rings. The molecule has 0 saturated heterocycles. The van der Waals surface area contributed by atoms with Crippen molar-refractivity contribution in [1.82, 2.24) is 0 Å². The van der Waals surface area contributed by atoms with Crippen molar-refractivity contribution in [3.05, 3.63) is 196 Å². The summed E-state index contributed by atoms with van der Waals surface area (Å²) >= 11 is 0. The van der Waals surface area contributed by atoms with Gasteiger partial charge >= 0.3 is 0 Å². The third-order valence-electron chi connectivity index (χ3n) is 7.85. The molecule has 1 N–H and O–H groups in total. The summed E-state index contributed by atoms with van der Waals surface area (Å²) in [6.07, 6.45) is 3.44. The van der Waals surface area contributed by atoms with E-state index in [0.717, 1.165) is 31.2 Å². The smallest absolute Gasteiger partial charge is 0.115 e. The van der Waals surface area contributed by atoms with Gasteiger partial charge < -0.3 is 5.11 Å². The second kappa shape index (κ2) is 12.5. The molecule has 0 saturated carbocycles. The van der Waals surface area contributed by atoms with Crippen LogP contribution in [-0.2, 0) is 25.7 Å². The maximum Gasteiger partial charge on any atom is 0.115 e. The van der Waals surface area contributed by atoms with Crippen LogP contribution in [0, 0.1) is 0 Å². The Bertz CT molecular complexity index is 1690. The SMILES string of the molecule is Oc1ccc(-c2cc(Cc3ccccc3)c(Cc3ccccc3)c(Cc3ccccc3)c2Cc2ccccc2)cc1. The Kier molecular flexibility index (Phi) is 8.05. The minimum atomic E-state index is 0.285. The summed E-state index contributed by atoms with van der Waals surface area (Å²) in [6.45, 7) is 0. The first-order valence-corrected chi connectivity index (χ1v) is 14.3. The molecule has 0 aliphatic carbocycles. The van der Waals surface area contributed by atoms with Gasteiger partial charge in [-0.25, -0.2) is 0 Å². The zero-order valence-electron chi connectivity index (χ0n) is 23.2. The van der Waals surface area contributed by atoms with Gasteiger partial charge in [0, 0.05) is 0 Å². The fourth-order valence-electron chi connectivity index (χ4n) is 5.79. The average molecular weight is 531 g/mol. The molecule has 0 radical (unpaired) electrons. The first-order valence-electron chi connectivity index (χ1n) is 14.3. The van der Waals surface area contributed by atoms with Crippen LogP contribution in [0.5, 0.6) is 5.75 Å². The fourth-order valence-corrected chi connectivity index (χ4v) is 5.79. The highest BCUT2D eigenvalue weighted by molar-refractivity contribution is 5.73. The molecule has 0 heterocycles. The van der Waals surface area contributed by atoms with Crippen LogP contribution < -0.4 is 0 Å². The maximum absolute atomic E-state index is 10.1. The van der Waals surface area contributed by atoms with Crippen LogP contribution in [0.2, 0.25) is 0 Å². The monoisotopic (exact) mass is 530 g/mol. The molecule has 6 aromatic carbocycles. The van der Waals surface area contributed by atoms with Gasteiger partial charge in [0.1, 0.15) is 5.75 Å². The van der Waals surface area contributed by atoms with Crippen molar-refractivity contribution in [2.75, 3.05) is 0 Å². The third-order valence-corrected chi connectivity index (χ3v) is 7.85. The van der Waals surface area contributed by atoms with E-state index in [1.54, 1.807) is 12.1 Å². The minimum Gasteiger partial charge on any atom is -0.508 e. The molecule has 6 rings (SSSR count). The summed E-state index contributed by atoms with van der Waals surface area (Å²) in [5.74, 6) is 0.285. The van der Waals surface area contributed by atoms with Crippen molar-refractivity contribution in [3.8, 4) is 16.9 Å². The van der Waals surface area contributed by atoms with Gasteiger partial charge in [-0.05, 0) is 93.5 Å². The van der Waals surface area contributed by atoms with Crippen LogP contribution in [-0.4, -0.2) is 5.11 Å². The topological polar surface area (TPSA) is 20.2 Å². The van der Waals surface area contributed by atoms with Crippen LogP contribution in [0.1, 0.15) is 44.5 Å². The Morgan fingerprint density at radius 3 is 1.22 bits per heavy atom. The lowest BCUT2D eigenvalue weighted by atomic mass is 9.80. The molecule has 1 heteroatoms. The van der Waals surface area contributed by atoms with E-state index in [-0.39, 0.29) is 5.75 Å². The van der Waals surface area contributed by atoms with Crippen molar-refractivity contribution in [1.29, 1.82) is 0 Å². The summed E-state index contributed by atoms with van der Waals surface area (Å²) in [4.78, 5) is 0. The predicted molar refractivity (Wildman–Crippen MR) is 171 cm³/mol. The highest BCUT2D eigenvalue weighted by atomic mass is 16.3. The zero-order valence-corrected chi connectivity index (χ0v) is 23.2. The van der Waals surface area contributed by atoms with Crippen LogP contribution >= 0.6 is 0 Å². The molecular formula is C40H34O. The van der Waals surface area contributed by atoms with Crippen LogP contribution in [0.15, 0.2) is 152 Å². The van der Waals surface area contributed by atoms with Gasteiger partial charge in [0.2, 0.25) is 0 Å². The number of benzene rings is 6. The molecule has 1 nitrogen and oxygen atoms in total. The molecule has 0 aliphatic heterocycles. The predicted octanol–water partition coefficient (Wildman–Crippen LogP) is 9.42. The summed E-state index contributed by atoms with van der Waals surface area (Å²) < 4.78 is 0. The van der Waals surface area contributed by atoms with E-state index in [1.165, 1.54) is 50.1 Å². The minimum absolute atomic E-state index is 0.285.